The van der Waals surface area contributed by atoms with E-state index in [9.17, 15) is 53.9 Å². The van der Waals surface area contributed by atoms with Crippen molar-refractivity contribution < 1.29 is 53.9 Å². The number of aromatic carboxylic acids is 1. The highest BCUT2D eigenvalue weighted by molar-refractivity contribution is 7.86. The quantitative estimate of drug-likeness (QED) is 0.0491. The van der Waals surface area contributed by atoms with E-state index in [1.165, 1.54) is 54.6 Å². The van der Waals surface area contributed by atoms with Crippen molar-refractivity contribution in [1.82, 2.24) is 0 Å². The Morgan fingerprint density at radius 1 is 0.500 bits per heavy atom. The molecule has 8 rings (SSSR count). The summed E-state index contributed by atoms with van der Waals surface area (Å²) in [5.74, 6) is -1.82. The minimum Gasteiger partial charge on any atom is -0.505 e. The highest BCUT2D eigenvalue weighted by Gasteiger charge is 2.23. The first-order valence-corrected chi connectivity index (χ1v) is 23.3. The summed E-state index contributed by atoms with van der Waals surface area (Å²) >= 11 is 0. The predicted molar refractivity (Wildman–Crippen MR) is 243 cm³/mol. The third-order valence-corrected chi connectivity index (χ3v) is 12.5. The summed E-state index contributed by atoms with van der Waals surface area (Å²) < 4.78 is 104. The number of nitrogens with zero attached hydrogens (tertiary/aromatic N) is 6. The SMILES string of the molecule is Cc1cc(/N=N\c2ccc(N=Nc3ccc(N=Nc4c(S(=O)(=O)O)cc5cc(Nc6ccccc6)ccc5c4O)c4cc(S(=O)(=O)O)ccc34)c3cc(S(=O)(=O)O)ccc23)cc(C(=O)O)c1. The largest absolute Gasteiger partial charge is 0.505 e. The average molecular weight is 946 g/mol. The van der Waals surface area contributed by atoms with Crippen molar-refractivity contribution in [3.63, 3.8) is 0 Å². The van der Waals surface area contributed by atoms with E-state index in [1.54, 1.807) is 25.1 Å². The van der Waals surface area contributed by atoms with E-state index in [2.05, 4.69) is 36.0 Å². The number of para-hydroxylation sites is 1. The van der Waals surface area contributed by atoms with Gasteiger partial charge in [0.15, 0.2) is 5.75 Å². The molecule has 0 aromatic heterocycles. The van der Waals surface area contributed by atoms with Crippen molar-refractivity contribution in [2.24, 2.45) is 30.7 Å². The number of fused-ring (bicyclic) bond motifs is 3. The number of hydrogen-bond acceptors (Lipinski definition) is 15. The first-order chi connectivity index (χ1) is 31.2. The highest BCUT2D eigenvalue weighted by atomic mass is 32.2. The molecule has 0 bridgehead atoms. The average Bonchev–Trinajstić information content (AvgIpc) is 3.26. The molecule has 0 heterocycles. The number of carboxylic acids is 1. The Kier molecular flexibility index (Phi) is 11.7. The number of aryl methyl sites for hydroxylation is 1. The number of nitrogens with one attached hydrogen (secondary N) is 1. The van der Waals surface area contributed by atoms with E-state index in [0.717, 1.165) is 36.0 Å². The van der Waals surface area contributed by atoms with Crippen molar-refractivity contribution in [3.8, 4) is 5.75 Å². The molecule has 22 heteroatoms. The van der Waals surface area contributed by atoms with Gasteiger partial charge in [0, 0.05) is 38.3 Å². The normalized spacial score (nSPS) is 12.6. The van der Waals surface area contributed by atoms with Gasteiger partial charge in [0.1, 0.15) is 10.6 Å². The number of phenolic OH excluding ortho intramolecular Hbond substituents is 1. The summed E-state index contributed by atoms with van der Waals surface area (Å²) in [4.78, 5) is 9.75. The number of anilines is 2. The summed E-state index contributed by atoms with van der Waals surface area (Å²) in [5, 5.41) is 50.2. The Balaban J connectivity index is 1.21. The minimum atomic E-state index is -5.04. The Hall–Kier alpha value is -7.86. The molecule has 0 saturated carbocycles. The highest BCUT2D eigenvalue weighted by Crippen LogP contribution is 2.44. The van der Waals surface area contributed by atoms with E-state index < -0.39 is 62.4 Å². The van der Waals surface area contributed by atoms with Gasteiger partial charge in [0.25, 0.3) is 30.4 Å². The molecule has 0 unspecified atom stereocenters. The van der Waals surface area contributed by atoms with E-state index >= 15 is 0 Å². The Morgan fingerprint density at radius 2 is 1.02 bits per heavy atom. The molecular weight excluding hydrogens is 915 g/mol. The summed E-state index contributed by atoms with van der Waals surface area (Å²) in [6.45, 7) is 1.69. The van der Waals surface area contributed by atoms with Crippen molar-refractivity contribution in [2.45, 2.75) is 21.6 Å². The molecular formula is C44H31N7O12S3. The van der Waals surface area contributed by atoms with E-state index in [4.69, 9.17) is 0 Å². The van der Waals surface area contributed by atoms with Crippen molar-refractivity contribution in [2.75, 3.05) is 5.32 Å². The number of azo groups is 3. The summed E-state index contributed by atoms with van der Waals surface area (Å²) in [6.07, 6.45) is 0. The molecule has 8 aromatic rings. The molecule has 0 radical (unpaired) electrons. The van der Waals surface area contributed by atoms with Crippen molar-refractivity contribution in [3.05, 3.63) is 145 Å². The lowest BCUT2D eigenvalue weighted by atomic mass is 10.1. The van der Waals surface area contributed by atoms with Crippen LogP contribution in [0.3, 0.4) is 0 Å². The van der Waals surface area contributed by atoms with Crippen LogP contribution in [-0.4, -0.2) is 55.1 Å². The number of benzene rings is 8. The van der Waals surface area contributed by atoms with Crippen LogP contribution in [0.15, 0.2) is 179 Å². The van der Waals surface area contributed by atoms with Crippen LogP contribution in [-0.2, 0) is 30.4 Å². The fourth-order valence-electron chi connectivity index (χ4n) is 6.94. The Bertz CT molecular complexity index is 3770. The number of carboxylic acid groups (broad SMARTS) is 1. The van der Waals surface area contributed by atoms with Gasteiger partial charge in [-0.15, -0.1) is 25.6 Å². The van der Waals surface area contributed by atoms with Crippen LogP contribution in [0.1, 0.15) is 15.9 Å². The summed E-state index contributed by atoms with van der Waals surface area (Å²) in [7, 11) is -14.5. The summed E-state index contributed by atoms with van der Waals surface area (Å²) in [6, 6.07) is 31.9. The lowest BCUT2D eigenvalue weighted by Crippen LogP contribution is -1.99. The molecule has 0 fully saturated rings. The van der Waals surface area contributed by atoms with E-state index in [-0.39, 0.29) is 60.9 Å². The monoisotopic (exact) mass is 945 g/mol. The van der Waals surface area contributed by atoms with Gasteiger partial charge in [-0.25, -0.2) is 4.79 Å². The first-order valence-electron chi connectivity index (χ1n) is 19.0. The van der Waals surface area contributed by atoms with Crippen molar-refractivity contribution >= 4 is 114 Å². The van der Waals surface area contributed by atoms with Crippen LogP contribution < -0.4 is 5.32 Å². The number of rotatable bonds is 12. The Labute approximate surface area is 374 Å². The molecule has 332 valence electrons. The van der Waals surface area contributed by atoms with Crippen LogP contribution in [0.2, 0.25) is 0 Å². The van der Waals surface area contributed by atoms with Gasteiger partial charge in [0.2, 0.25) is 0 Å². The molecule has 0 aliphatic heterocycles. The van der Waals surface area contributed by atoms with Crippen LogP contribution in [0.4, 0.5) is 45.5 Å². The zero-order chi connectivity index (χ0) is 47.1. The molecule has 8 aromatic carbocycles. The number of phenols is 1. The smallest absolute Gasteiger partial charge is 0.335 e. The third kappa shape index (κ3) is 9.49. The van der Waals surface area contributed by atoms with E-state index in [1.807, 2.05) is 30.3 Å². The zero-order valence-corrected chi connectivity index (χ0v) is 36.2. The molecule has 0 spiro atoms. The maximum absolute atomic E-state index is 12.7. The van der Waals surface area contributed by atoms with Gasteiger partial charge in [-0.1, -0.05) is 30.3 Å². The lowest BCUT2D eigenvalue weighted by Gasteiger charge is -2.12. The van der Waals surface area contributed by atoms with Gasteiger partial charge in [-0.3, -0.25) is 13.7 Å². The molecule has 0 aliphatic rings. The lowest BCUT2D eigenvalue weighted by molar-refractivity contribution is 0.0696. The maximum Gasteiger partial charge on any atom is 0.335 e. The van der Waals surface area contributed by atoms with Crippen LogP contribution in [0, 0.1) is 6.92 Å². The third-order valence-electron chi connectivity index (χ3n) is 9.98. The molecule has 0 aliphatic carbocycles. The standard InChI is InChI=1S/C44H31N7O12S3/c1-24-17-26(44(53)54)20-29(18-24)46-47-37-13-15-39(35-22-30(64(55,56)57)8-11-33(35)37)49-48-38-14-16-40(36-23-31(65(58,59)60)9-12-34(36)38)50-51-42-41(66(61,62)63)21-25-19-28(7-10-32(25)43(42)52)45-27-5-3-2-4-6-27/h2-23,45,52H,1H3,(H,53,54)(H,55,56,57)(H,58,59,60)(H,61,62,63)/b47-46-,49-48?,51-50?. The number of hydrogen-bond donors (Lipinski definition) is 6. The second-order valence-corrected chi connectivity index (χ2v) is 18.7. The fourth-order valence-corrected chi connectivity index (χ4v) is 8.61. The van der Waals surface area contributed by atoms with Gasteiger partial charge >= 0.3 is 5.97 Å². The van der Waals surface area contributed by atoms with Gasteiger partial charge in [0.05, 0.1) is 43.8 Å². The number of carbonyl (C=O) groups is 1. The summed E-state index contributed by atoms with van der Waals surface area (Å²) in [5.41, 5.74) is 1.70. The fraction of sp³-hybridized carbons (Fsp3) is 0.0227. The second-order valence-electron chi connectivity index (χ2n) is 14.5. The van der Waals surface area contributed by atoms with Gasteiger partial charge < -0.3 is 15.5 Å². The van der Waals surface area contributed by atoms with Crippen molar-refractivity contribution in [1.29, 1.82) is 0 Å². The van der Waals surface area contributed by atoms with Gasteiger partial charge in [-0.05, 0) is 121 Å². The molecule has 19 nitrogen and oxygen atoms in total. The zero-order valence-electron chi connectivity index (χ0n) is 33.7. The molecule has 0 saturated heterocycles. The molecule has 66 heavy (non-hydrogen) atoms. The van der Waals surface area contributed by atoms with Crippen LogP contribution in [0.5, 0.6) is 5.75 Å². The molecule has 0 atom stereocenters. The minimum absolute atomic E-state index is 0.00730. The van der Waals surface area contributed by atoms with Crippen LogP contribution >= 0.6 is 0 Å². The predicted octanol–water partition coefficient (Wildman–Crippen LogP) is 11.6. The van der Waals surface area contributed by atoms with Crippen LogP contribution in [0.25, 0.3) is 32.3 Å². The maximum atomic E-state index is 12.7. The Morgan fingerprint density at radius 3 is 1.55 bits per heavy atom. The van der Waals surface area contributed by atoms with Gasteiger partial charge in [-0.2, -0.15) is 30.4 Å². The molecule has 6 N–H and O–H groups in total. The molecule has 0 amide bonds. The number of aromatic hydroxyl groups is 1. The van der Waals surface area contributed by atoms with E-state index in [0.29, 0.717) is 16.6 Å². The first kappa shape index (κ1) is 44.7. The topological polar surface area (TPSA) is 307 Å². The second kappa shape index (κ2) is 17.3.